The molecule has 2 aromatic rings. The summed E-state index contributed by atoms with van der Waals surface area (Å²) in [6, 6.07) is 6.50. The fourth-order valence-electron chi connectivity index (χ4n) is 3.44. The predicted molar refractivity (Wildman–Crippen MR) is 112 cm³/mol. The predicted octanol–water partition coefficient (Wildman–Crippen LogP) is 2.45. The van der Waals surface area contributed by atoms with Gasteiger partial charge in [0.1, 0.15) is 12.0 Å². The number of rotatable bonds is 7. The maximum absolute atomic E-state index is 6.34. The molecule has 27 heavy (non-hydrogen) atoms. The standard InChI is InChI=1S/C20H30N6O/c1-15-6-4-7-17(16(15)2)25-9-11-26(12-10-25)20-18(21)19(23-14-24-20)22-8-5-13-27-3/h4,6-7,14H,5,8-13,21H2,1-3H3,(H,22,23,24). The highest BCUT2D eigenvalue weighted by atomic mass is 16.5. The molecule has 146 valence electrons. The van der Waals surface area contributed by atoms with Crippen LogP contribution < -0.4 is 20.9 Å². The number of nitrogen functional groups attached to an aromatic ring is 1. The third-order valence-electron chi connectivity index (χ3n) is 5.18. The van der Waals surface area contributed by atoms with Gasteiger partial charge in [0, 0.05) is 52.1 Å². The molecule has 1 saturated heterocycles. The van der Waals surface area contributed by atoms with Gasteiger partial charge >= 0.3 is 0 Å². The van der Waals surface area contributed by atoms with E-state index in [1.54, 1.807) is 13.4 Å². The Labute approximate surface area is 161 Å². The fraction of sp³-hybridized carbons (Fsp3) is 0.500. The summed E-state index contributed by atoms with van der Waals surface area (Å²) in [5.41, 5.74) is 11.0. The molecule has 1 aromatic heterocycles. The number of methoxy groups -OCH3 is 1. The normalized spacial score (nSPS) is 14.5. The van der Waals surface area contributed by atoms with Gasteiger partial charge in [-0.05, 0) is 37.5 Å². The lowest BCUT2D eigenvalue weighted by Crippen LogP contribution is -2.47. The Kier molecular flexibility index (Phi) is 6.34. The van der Waals surface area contributed by atoms with Gasteiger partial charge in [-0.3, -0.25) is 0 Å². The third-order valence-corrected chi connectivity index (χ3v) is 5.18. The number of nitrogens with zero attached hydrogens (tertiary/aromatic N) is 4. The minimum atomic E-state index is 0.620. The lowest BCUT2D eigenvalue weighted by atomic mass is 10.1. The van der Waals surface area contributed by atoms with Gasteiger partial charge in [-0.25, -0.2) is 9.97 Å². The second-order valence-corrected chi connectivity index (χ2v) is 6.93. The van der Waals surface area contributed by atoms with E-state index in [0.29, 0.717) is 18.1 Å². The number of piperazine rings is 1. The van der Waals surface area contributed by atoms with Crippen LogP contribution in [0.2, 0.25) is 0 Å². The number of hydrogen-bond donors (Lipinski definition) is 2. The molecule has 0 saturated carbocycles. The average Bonchev–Trinajstić information content (AvgIpc) is 2.69. The highest BCUT2D eigenvalue weighted by Gasteiger charge is 2.22. The zero-order valence-electron chi connectivity index (χ0n) is 16.5. The minimum absolute atomic E-state index is 0.620. The van der Waals surface area contributed by atoms with Crippen molar-refractivity contribution in [3.05, 3.63) is 35.7 Å². The molecular formula is C20H30N6O. The van der Waals surface area contributed by atoms with Gasteiger partial charge in [-0.1, -0.05) is 12.1 Å². The summed E-state index contributed by atoms with van der Waals surface area (Å²) in [7, 11) is 1.70. The maximum atomic E-state index is 6.34. The summed E-state index contributed by atoms with van der Waals surface area (Å²) in [5, 5.41) is 3.28. The Morgan fingerprint density at radius 2 is 1.85 bits per heavy atom. The van der Waals surface area contributed by atoms with Crippen molar-refractivity contribution < 1.29 is 4.74 Å². The summed E-state index contributed by atoms with van der Waals surface area (Å²) in [4.78, 5) is 13.4. The van der Waals surface area contributed by atoms with E-state index < -0.39 is 0 Å². The molecule has 0 radical (unpaired) electrons. The molecule has 3 rings (SSSR count). The lowest BCUT2D eigenvalue weighted by Gasteiger charge is -2.38. The molecule has 7 nitrogen and oxygen atoms in total. The summed E-state index contributed by atoms with van der Waals surface area (Å²) >= 11 is 0. The first kappa shape index (κ1) is 19.2. The van der Waals surface area contributed by atoms with E-state index in [2.05, 4.69) is 57.1 Å². The number of aromatic nitrogens is 2. The van der Waals surface area contributed by atoms with Crippen LogP contribution in [0.4, 0.5) is 23.0 Å². The van der Waals surface area contributed by atoms with Gasteiger partial charge in [0.2, 0.25) is 0 Å². The Morgan fingerprint density at radius 3 is 2.59 bits per heavy atom. The van der Waals surface area contributed by atoms with Crippen molar-refractivity contribution >= 4 is 23.0 Å². The molecule has 0 spiro atoms. The molecule has 2 heterocycles. The van der Waals surface area contributed by atoms with Crippen LogP contribution in [0.25, 0.3) is 0 Å². The largest absolute Gasteiger partial charge is 0.393 e. The summed E-state index contributed by atoms with van der Waals surface area (Å²) in [6.45, 7) is 9.52. The van der Waals surface area contributed by atoms with E-state index >= 15 is 0 Å². The Bertz CT molecular complexity index is 758. The van der Waals surface area contributed by atoms with E-state index in [1.807, 2.05) is 0 Å². The summed E-state index contributed by atoms with van der Waals surface area (Å²) in [6.07, 6.45) is 2.49. The molecule has 0 bridgehead atoms. The number of aryl methyl sites for hydroxylation is 1. The first-order valence-corrected chi connectivity index (χ1v) is 9.51. The topological polar surface area (TPSA) is 79.5 Å². The first-order chi connectivity index (χ1) is 13.1. The maximum Gasteiger partial charge on any atom is 0.157 e. The molecule has 7 heteroatoms. The van der Waals surface area contributed by atoms with Crippen LogP contribution in [0.3, 0.4) is 0 Å². The van der Waals surface area contributed by atoms with Crippen molar-refractivity contribution in [3.8, 4) is 0 Å². The van der Waals surface area contributed by atoms with Crippen LogP contribution in [0.1, 0.15) is 17.5 Å². The molecule has 3 N–H and O–H groups in total. The van der Waals surface area contributed by atoms with Gasteiger partial charge in [-0.15, -0.1) is 0 Å². The Hall–Kier alpha value is -2.54. The van der Waals surface area contributed by atoms with Crippen LogP contribution >= 0.6 is 0 Å². The molecule has 1 aliphatic heterocycles. The van der Waals surface area contributed by atoms with E-state index in [0.717, 1.165) is 45.0 Å². The monoisotopic (exact) mass is 370 g/mol. The zero-order valence-corrected chi connectivity index (χ0v) is 16.5. The summed E-state index contributed by atoms with van der Waals surface area (Å²) < 4.78 is 5.07. The van der Waals surface area contributed by atoms with Crippen molar-refractivity contribution in [1.82, 2.24) is 9.97 Å². The second-order valence-electron chi connectivity index (χ2n) is 6.93. The molecular weight excluding hydrogens is 340 g/mol. The number of hydrogen-bond acceptors (Lipinski definition) is 7. The average molecular weight is 371 g/mol. The molecule has 0 amide bonds. The number of ether oxygens (including phenoxy) is 1. The second kappa shape index (κ2) is 8.90. The third kappa shape index (κ3) is 4.42. The van der Waals surface area contributed by atoms with Gasteiger partial charge in [-0.2, -0.15) is 0 Å². The van der Waals surface area contributed by atoms with Crippen molar-refractivity contribution in [2.24, 2.45) is 0 Å². The smallest absolute Gasteiger partial charge is 0.157 e. The lowest BCUT2D eigenvalue weighted by molar-refractivity contribution is 0.198. The van der Waals surface area contributed by atoms with Gasteiger partial charge < -0.3 is 25.6 Å². The Balaban J connectivity index is 1.65. The van der Waals surface area contributed by atoms with Crippen molar-refractivity contribution in [1.29, 1.82) is 0 Å². The first-order valence-electron chi connectivity index (χ1n) is 9.51. The highest BCUT2D eigenvalue weighted by Crippen LogP contribution is 2.29. The van der Waals surface area contributed by atoms with Gasteiger partial charge in [0.25, 0.3) is 0 Å². The zero-order chi connectivity index (χ0) is 19.2. The van der Waals surface area contributed by atoms with Gasteiger partial charge in [0.15, 0.2) is 11.6 Å². The summed E-state index contributed by atoms with van der Waals surface area (Å²) in [5.74, 6) is 1.52. The van der Waals surface area contributed by atoms with Crippen molar-refractivity contribution in [3.63, 3.8) is 0 Å². The number of anilines is 4. The van der Waals surface area contributed by atoms with E-state index in [-0.39, 0.29) is 0 Å². The van der Waals surface area contributed by atoms with Crippen molar-refractivity contribution in [2.75, 3.05) is 67.3 Å². The quantitative estimate of drug-likeness (QED) is 0.725. The minimum Gasteiger partial charge on any atom is -0.393 e. The van der Waals surface area contributed by atoms with Crippen LogP contribution in [0, 0.1) is 13.8 Å². The Morgan fingerprint density at radius 1 is 1.11 bits per heavy atom. The van der Waals surface area contributed by atoms with Crippen LogP contribution in [-0.4, -0.2) is 56.4 Å². The highest BCUT2D eigenvalue weighted by molar-refractivity contribution is 5.75. The molecule has 0 aliphatic carbocycles. The number of benzene rings is 1. The number of nitrogens with one attached hydrogen (secondary N) is 1. The number of nitrogens with two attached hydrogens (primary N) is 1. The molecule has 0 atom stereocenters. The SMILES string of the molecule is COCCCNc1ncnc(N2CCN(c3cccc(C)c3C)CC2)c1N. The van der Waals surface area contributed by atoms with Crippen molar-refractivity contribution in [2.45, 2.75) is 20.3 Å². The fourth-order valence-corrected chi connectivity index (χ4v) is 3.44. The van der Waals surface area contributed by atoms with Crippen LogP contribution in [-0.2, 0) is 4.74 Å². The molecule has 1 fully saturated rings. The van der Waals surface area contributed by atoms with Gasteiger partial charge in [0.05, 0.1) is 0 Å². The molecule has 1 aromatic carbocycles. The van der Waals surface area contributed by atoms with E-state index in [1.165, 1.54) is 16.8 Å². The van der Waals surface area contributed by atoms with E-state index in [4.69, 9.17) is 10.5 Å². The van der Waals surface area contributed by atoms with E-state index in [9.17, 15) is 0 Å². The van der Waals surface area contributed by atoms with Crippen LogP contribution in [0.5, 0.6) is 0 Å². The van der Waals surface area contributed by atoms with Crippen LogP contribution in [0.15, 0.2) is 24.5 Å². The molecule has 0 unspecified atom stereocenters. The molecule has 1 aliphatic rings.